The minimum atomic E-state index is -4.27. The summed E-state index contributed by atoms with van der Waals surface area (Å²) in [5.41, 5.74) is 9.51. The predicted octanol–water partition coefficient (Wildman–Crippen LogP) is 0.820. The van der Waals surface area contributed by atoms with Crippen molar-refractivity contribution in [3.05, 3.63) is 23.0 Å². The number of nitrogens with two attached hydrogens (primary N) is 2. The summed E-state index contributed by atoms with van der Waals surface area (Å²) in [6.07, 6.45) is -4.59. The molecule has 4 aromatic heterocycles. The maximum atomic E-state index is 15.9. The maximum absolute atomic E-state index is 15.9. The van der Waals surface area contributed by atoms with E-state index in [2.05, 4.69) is 35.2 Å². The molecule has 17 nitrogen and oxygen atoms in total. The SMILES string of the molecule is Nc1nc2c(ncn2[C@@H]2SC3OPC[C@@H]4[C@@H](COP(O)(=S)O[C@@H]2[C@H]3F)O[C@@H](n2nnc3c(N)ncnc32)C4(F)F)c(=O)[nH]1. The Bertz CT molecular complexity index is 1830. The molecule has 24 heteroatoms. The average molecular weight is 682 g/mol. The molecule has 230 valence electrons. The Kier molecular flexibility index (Phi) is 7.14. The number of alkyl halides is 3. The number of nitrogens with one attached hydrogen (secondary N) is 1. The summed E-state index contributed by atoms with van der Waals surface area (Å²) < 4.78 is 72.4. The lowest BCUT2D eigenvalue weighted by Gasteiger charge is -2.28. The van der Waals surface area contributed by atoms with Gasteiger partial charge in [0.2, 0.25) is 12.2 Å². The van der Waals surface area contributed by atoms with Crippen molar-refractivity contribution < 1.29 is 36.4 Å². The molecule has 6 N–H and O–H groups in total. The predicted molar refractivity (Wildman–Crippen MR) is 149 cm³/mol. The molecule has 0 radical (unpaired) electrons. The number of halogens is 3. The number of ether oxygens (including phenoxy) is 1. The first kappa shape index (κ1) is 29.2. The van der Waals surface area contributed by atoms with E-state index in [4.69, 9.17) is 41.6 Å². The third kappa shape index (κ3) is 4.88. The minimum Gasteiger partial charge on any atom is -0.382 e. The lowest BCUT2D eigenvalue weighted by molar-refractivity contribution is -0.128. The standard InChI is InChI=1S/C19H20F3N11O6P2S2/c20-7-10-15(32-4-27-9-13(32)28-18(24)29-14(9)34)43-16(7)38-40-2-5-6(1-36-41(35,42)39-10)37-17(19(5,21)22)33-12-8(30-31-33)11(23)25-3-26-12/h3-7,10,15-17,40H,1-2H2,(H,35,42)(H2,23,25,26)(H3,24,28,29,34)/t5-,6-,7-,10-,15-,16?,17-,41?/m1/s1. The van der Waals surface area contributed by atoms with Gasteiger partial charge in [0.1, 0.15) is 23.2 Å². The maximum Gasteiger partial charge on any atom is 0.325 e. The largest absolute Gasteiger partial charge is 0.382 e. The molecule has 9 atom stereocenters. The van der Waals surface area contributed by atoms with Crippen LogP contribution >= 0.6 is 27.3 Å². The van der Waals surface area contributed by atoms with Crippen LogP contribution in [0.3, 0.4) is 0 Å². The fourth-order valence-electron chi connectivity index (χ4n) is 5.10. The molecule has 0 saturated carbocycles. The number of fused-ring (bicyclic) bond motifs is 5. The molecule has 3 aliphatic rings. The van der Waals surface area contributed by atoms with Crippen molar-refractivity contribution in [2.75, 3.05) is 24.2 Å². The molecule has 2 bridgehead atoms. The van der Waals surface area contributed by atoms with Crippen LogP contribution in [-0.4, -0.2) is 91.9 Å². The van der Waals surface area contributed by atoms with Gasteiger partial charge in [-0.05, 0) is 11.8 Å². The van der Waals surface area contributed by atoms with Crippen molar-refractivity contribution in [2.45, 2.75) is 41.3 Å². The van der Waals surface area contributed by atoms with Crippen LogP contribution in [0.4, 0.5) is 24.9 Å². The molecule has 3 saturated heterocycles. The highest BCUT2D eigenvalue weighted by atomic mass is 32.5. The summed E-state index contributed by atoms with van der Waals surface area (Å²) in [4.78, 5) is 41.4. The van der Waals surface area contributed by atoms with Gasteiger partial charge in [-0.1, -0.05) is 17.0 Å². The molecule has 3 fully saturated rings. The van der Waals surface area contributed by atoms with E-state index in [1.165, 1.54) is 10.9 Å². The van der Waals surface area contributed by atoms with Crippen molar-refractivity contribution in [1.82, 2.24) is 44.5 Å². The van der Waals surface area contributed by atoms with E-state index in [9.17, 15) is 9.69 Å². The molecule has 4 aromatic rings. The van der Waals surface area contributed by atoms with Crippen LogP contribution < -0.4 is 17.0 Å². The van der Waals surface area contributed by atoms with E-state index in [1.54, 1.807) is 0 Å². The Morgan fingerprint density at radius 1 is 1.26 bits per heavy atom. The van der Waals surface area contributed by atoms with Crippen molar-refractivity contribution in [3.8, 4) is 0 Å². The van der Waals surface area contributed by atoms with Crippen LogP contribution in [0.25, 0.3) is 22.3 Å². The zero-order valence-corrected chi connectivity index (χ0v) is 24.8. The number of hydrogen-bond donors (Lipinski definition) is 4. The van der Waals surface area contributed by atoms with E-state index >= 15 is 13.2 Å². The quantitative estimate of drug-likeness (QED) is 0.215. The van der Waals surface area contributed by atoms with E-state index in [0.717, 1.165) is 22.8 Å². The lowest BCUT2D eigenvalue weighted by atomic mass is 9.99. The Labute approximate surface area is 248 Å². The summed E-state index contributed by atoms with van der Waals surface area (Å²) in [5, 5.41) is 6.56. The number of rotatable bonds is 2. The first-order valence-electron chi connectivity index (χ1n) is 12.4. The number of H-pyrrole nitrogens is 1. The van der Waals surface area contributed by atoms with Gasteiger partial charge in [0.05, 0.1) is 25.0 Å². The van der Waals surface area contributed by atoms with Crippen molar-refractivity contribution in [2.24, 2.45) is 5.92 Å². The number of imidazole rings is 1. The van der Waals surface area contributed by atoms with Crippen molar-refractivity contribution in [1.29, 1.82) is 0 Å². The van der Waals surface area contributed by atoms with Gasteiger partial charge in [-0.25, -0.2) is 28.1 Å². The Morgan fingerprint density at radius 2 is 2.07 bits per heavy atom. The number of aromatic amines is 1. The highest BCUT2D eigenvalue weighted by Crippen LogP contribution is 2.57. The fourth-order valence-corrected chi connectivity index (χ4v) is 9.35. The number of nitrogen functional groups attached to an aromatic ring is 2. The second-order valence-electron chi connectivity index (χ2n) is 9.69. The Morgan fingerprint density at radius 3 is 2.88 bits per heavy atom. The minimum absolute atomic E-state index is 0.0123. The lowest BCUT2D eigenvalue weighted by Crippen LogP contribution is -2.37. The van der Waals surface area contributed by atoms with Crippen molar-refractivity contribution in [3.63, 3.8) is 0 Å². The van der Waals surface area contributed by atoms with Crippen LogP contribution in [0, 0.1) is 5.92 Å². The smallest absolute Gasteiger partial charge is 0.325 e. The van der Waals surface area contributed by atoms with Gasteiger partial charge in [-0.2, -0.15) is 9.67 Å². The Hall–Kier alpha value is -2.55. The Balaban J connectivity index is 1.19. The molecule has 0 aromatic carbocycles. The highest BCUT2D eigenvalue weighted by molar-refractivity contribution is 8.07. The van der Waals surface area contributed by atoms with Crippen LogP contribution in [0.1, 0.15) is 11.6 Å². The molecule has 7 rings (SSSR count). The molecule has 3 aliphatic heterocycles. The monoisotopic (exact) mass is 681 g/mol. The normalized spacial score (nSPS) is 35.2. The summed E-state index contributed by atoms with van der Waals surface area (Å²) in [6, 6.07) is 0. The summed E-state index contributed by atoms with van der Waals surface area (Å²) in [5.74, 6) is -5.36. The third-order valence-corrected chi connectivity index (χ3v) is 11.3. The highest BCUT2D eigenvalue weighted by Gasteiger charge is 2.61. The van der Waals surface area contributed by atoms with E-state index in [-0.39, 0.29) is 40.3 Å². The molecular weight excluding hydrogens is 661 g/mol. The number of thioether (sulfide) groups is 1. The van der Waals surface area contributed by atoms with Crippen LogP contribution in [-0.2, 0) is 30.1 Å². The van der Waals surface area contributed by atoms with Crippen LogP contribution in [0.15, 0.2) is 17.4 Å². The second-order valence-corrected chi connectivity index (χ2v) is 14.6. The van der Waals surface area contributed by atoms with Gasteiger partial charge >= 0.3 is 6.72 Å². The first-order chi connectivity index (χ1) is 20.4. The molecule has 0 aliphatic carbocycles. The summed E-state index contributed by atoms with van der Waals surface area (Å²) in [7, 11) is -0.608. The first-order valence-corrected chi connectivity index (χ1v) is 17.0. The number of anilines is 2. The third-order valence-electron chi connectivity index (χ3n) is 7.10. The van der Waals surface area contributed by atoms with Gasteiger partial charge < -0.3 is 30.1 Å². The topological polar surface area (TPSA) is 229 Å². The summed E-state index contributed by atoms with van der Waals surface area (Å²) in [6.45, 7) is -4.89. The molecule has 0 spiro atoms. The number of nitrogens with zero attached hydrogens (tertiary/aromatic N) is 8. The van der Waals surface area contributed by atoms with Crippen LogP contribution in [0.2, 0.25) is 0 Å². The van der Waals surface area contributed by atoms with E-state index in [0.29, 0.717) is 0 Å². The van der Waals surface area contributed by atoms with Gasteiger partial charge in [0.15, 0.2) is 34.3 Å². The van der Waals surface area contributed by atoms with Gasteiger partial charge in [0.25, 0.3) is 11.5 Å². The zero-order chi connectivity index (χ0) is 30.3. The average Bonchev–Trinajstić information content (AvgIpc) is 3.68. The van der Waals surface area contributed by atoms with Gasteiger partial charge in [-0.15, -0.1) is 5.10 Å². The fraction of sp³-hybridized carbons (Fsp3) is 0.526. The zero-order valence-electron chi connectivity index (χ0n) is 21.2. The van der Waals surface area contributed by atoms with Gasteiger partial charge in [-0.3, -0.25) is 18.9 Å². The van der Waals surface area contributed by atoms with E-state index in [1.807, 2.05) is 0 Å². The molecule has 7 heterocycles. The van der Waals surface area contributed by atoms with Crippen LogP contribution in [0.5, 0.6) is 0 Å². The number of aromatic nitrogens is 9. The molecular formula is C19H20F3N11O6P2S2. The number of hydrogen-bond acceptors (Lipinski definition) is 15. The molecule has 3 unspecified atom stereocenters. The van der Waals surface area contributed by atoms with Gasteiger partial charge in [0, 0.05) is 15.0 Å². The second kappa shape index (κ2) is 10.5. The molecule has 43 heavy (non-hydrogen) atoms. The summed E-state index contributed by atoms with van der Waals surface area (Å²) >= 11 is 6.06. The molecule has 0 amide bonds. The van der Waals surface area contributed by atoms with Crippen molar-refractivity contribution >= 4 is 73.2 Å². The van der Waals surface area contributed by atoms with E-state index < -0.39 is 75.0 Å².